The topological polar surface area (TPSA) is 105 Å². The van der Waals surface area contributed by atoms with Crippen LogP contribution in [0.25, 0.3) is 0 Å². The standard InChI is InChI=1S/C23H22N4O4/c1-3-14-8-10-15(11-9-14)25-22(28)17-13-24-27-19(12-18(23(29)30)26-21(17)27)16-6-4-5-7-20(16)31-2/h4-13,19,26H,3H2,1-2H3,(H,25,28)(H,29,30)/t19-/m0/s1. The molecule has 1 amide bonds. The van der Waals surface area contributed by atoms with Crippen molar-refractivity contribution in [1.29, 1.82) is 0 Å². The number of nitrogens with one attached hydrogen (secondary N) is 2. The number of para-hydroxylation sites is 1. The molecule has 2 heterocycles. The van der Waals surface area contributed by atoms with Crippen molar-refractivity contribution < 1.29 is 19.4 Å². The minimum Gasteiger partial charge on any atom is -0.496 e. The summed E-state index contributed by atoms with van der Waals surface area (Å²) >= 11 is 0. The second-order valence-electron chi connectivity index (χ2n) is 7.05. The van der Waals surface area contributed by atoms with Gasteiger partial charge in [0.2, 0.25) is 0 Å². The molecule has 0 saturated heterocycles. The third-order valence-corrected chi connectivity index (χ3v) is 5.19. The number of carboxylic acid groups (broad SMARTS) is 1. The molecule has 3 aromatic rings. The Morgan fingerprint density at radius 1 is 1.19 bits per heavy atom. The summed E-state index contributed by atoms with van der Waals surface area (Å²) < 4.78 is 7.03. The van der Waals surface area contributed by atoms with E-state index < -0.39 is 12.0 Å². The van der Waals surface area contributed by atoms with Crippen LogP contribution in [0, 0.1) is 0 Å². The number of ether oxygens (including phenoxy) is 1. The fraction of sp³-hybridized carbons (Fsp3) is 0.174. The number of carbonyl (C=O) groups excluding carboxylic acids is 1. The van der Waals surface area contributed by atoms with Crippen molar-refractivity contribution >= 4 is 23.4 Å². The highest BCUT2D eigenvalue weighted by Gasteiger charge is 2.30. The lowest BCUT2D eigenvalue weighted by molar-refractivity contribution is -0.132. The van der Waals surface area contributed by atoms with Crippen molar-refractivity contribution in [2.75, 3.05) is 17.7 Å². The number of rotatable bonds is 6. The van der Waals surface area contributed by atoms with Crippen molar-refractivity contribution in [3.63, 3.8) is 0 Å². The molecule has 1 atom stereocenters. The average molecular weight is 418 g/mol. The van der Waals surface area contributed by atoms with Gasteiger partial charge < -0.3 is 20.5 Å². The van der Waals surface area contributed by atoms with Crippen molar-refractivity contribution in [3.05, 3.63) is 83.2 Å². The molecule has 0 saturated carbocycles. The highest BCUT2D eigenvalue weighted by molar-refractivity contribution is 6.08. The summed E-state index contributed by atoms with van der Waals surface area (Å²) in [6, 6.07) is 14.3. The molecule has 3 N–H and O–H groups in total. The Hall–Kier alpha value is -4.07. The molecule has 1 aliphatic rings. The largest absolute Gasteiger partial charge is 0.496 e. The second kappa shape index (κ2) is 8.35. The summed E-state index contributed by atoms with van der Waals surface area (Å²) in [5.41, 5.74) is 2.75. The molecule has 8 heteroatoms. The van der Waals surface area contributed by atoms with Gasteiger partial charge in [-0.2, -0.15) is 5.10 Å². The summed E-state index contributed by atoms with van der Waals surface area (Å²) in [5, 5.41) is 19.7. The van der Waals surface area contributed by atoms with Gasteiger partial charge in [0.15, 0.2) is 0 Å². The molecule has 1 aliphatic heterocycles. The summed E-state index contributed by atoms with van der Waals surface area (Å²) in [6.45, 7) is 2.06. The van der Waals surface area contributed by atoms with Crippen LogP contribution in [0.3, 0.4) is 0 Å². The van der Waals surface area contributed by atoms with Crippen LogP contribution < -0.4 is 15.4 Å². The van der Waals surface area contributed by atoms with Crippen LogP contribution >= 0.6 is 0 Å². The first-order valence-corrected chi connectivity index (χ1v) is 9.84. The Kier molecular flexibility index (Phi) is 5.44. The Bertz CT molecular complexity index is 1160. The van der Waals surface area contributed by atoms with Gasteiger partial charge in [-0.3, -0.25) is 4.79 Å². The molecular weight excluding hydrogens is 396 g/mol. The van der Waals surface area contributed by atoms with Crippen molar-refractivity contribution in [2.24, 2.45) is 0 Å². The first-order valence-electron chi connectivity index (χ1n) is 9.84. The van der Waals surface area contributed by atoms with E-state index in [9.17, 15) is 14.7 Å². The molecule has 0 unspecified atom stereocenters. The van der Waals surface area contributed by atoms with Gasteiger partial charge in [0.1, 0.15) is 28.9 Å². The molecule has 1 aromatic heterocycles. The number of hydrogen-bond acceptors (Lipinski definition) is 5. The van der Waals surface area contributed by atoms with Gasteiger partial charge in [-0.15, -0.1) is 0 Å². The monoisotopic (exact) mass is 418 g/mol. The molecule has 0 spiro atoms. The van der Waals surface area contributed by atoms with Crippen molar-refractivity contribution in [2.45, 2.75) is 19.4 Å². The molecule has 0 bridgehead atoms. The third kappa shape index (κ3) is 3.87. The molecule has 31 heavy (non-hydrogen) atoms. The van der Waals surface area contributed by atoms with E-state index in [1.165, 1.54) is 11.8 Å². The minimum absolute atomic E-state index is 0.0368. The number of aromatic nitrogens is 2. The van der Waals surface area contributed by atoms with Gasteiger partial charge in [0, 0.05) is 11.3 Å². The van der Waals surface area contributed by atoms with E-state index in [2.05, 4.69) is 22.7 Å². The summed E-state index contributed by atoms with van der Waals surface area (Å²) in [7, 11) is 1.55. The third-order valence-electron chi connectivity index (χ3n) is 5.19. The minimum atomic E-state index is -1.13. The fourth-order valence-corrected chi connectivity index (χ4v) is 3.54. The first-order chi connectivity index (χ1) is 15.0. The number of fused-ring (bicyclic) bond motifs is 1. The summed E-state index contributed by atoms with van der Waals surface area (Å²) in [4.78, 5) is 24.7. The maximum Gasteiger partial charge on any atom is 0.352 e. The zero-order valence-corrected chi connectivity index (χ0v) is 17.1. The van der Waals surface area contributed by atoms with E-state index in [1.807, 2.05) is 42.5 Å². The van der Waals surface area contributed by atoms with Crippen LogP contribution in [0.4, 0.5) is 11.5 Å². The van der Waals surface area contributed by atoms with Gasteiger partial charge in [-0.1, -0.05) is 37.3 Å². The van der Waals surface area contributed by atoms with Gasteiger partial charge in [-0.05, 0) is 36.3 Å². The van der Waals surface area contributed by atoms with Crippen LogP contribution in [0.15, 0.2) is 66.5 Å². The Morgan fingerprint density at radius 2 is 1.94 bits per heavy atom. The maximum absolute atomic E-state index is 12.9. The molecule has 2 aromatic carbocycles. The quantitative estimate of drug-likeness (QED) is 0.564. The second-order valence-corrected chi connectivity index (χ2v) is 7.05. The maximum atomic E-state index is 12.9. The van der Waals surface area contributed by atoms with E-state index >= 15 is 0 Å². The number of aliphatic carboxylic acids is 1. The molecular formula is C23H22N4O4. The number of hydrogen-bond donors (Lipinski definition) is 3. The Labute approximate surface area is 179 Å². The van der Waals surface area contributed by atoms with E-state index in [0.29, 0.717) is 17.3 Å². The Morgan fingerprint density at radius 3 is 2.61 bits per heavy atom. The SMILES string of the molecule is CCc1ccc(NC(=O)c2cnn3c2NC(C(=O)O)=C[C@H]3c2ccccc2OC)cc1. The normalized spacial score (nSPS) is 14.8. The lowest BCUT2D eigenvalue weighted by Gasteiger charge is -2.25. The summed E-state index contributed by atoms with van der Waals surface area (Å²) in [5.74, 6) is -0.616. The highest BCUT2D eigenvalue weighted by Crippen LogP contribution is 2.36. The van der Waals surface area contributed by atoms with Gasteiger partial charge in [0.25, 0.3) is 5.91 Å². The number of carboxylic acids is 1. The highest BCUT2D eigenvalue weighted by atomic mass is 16.5. The molecule has 0 radical (unpaired) electrons. The van der Waals surface area contributed by atoms with Crippen LogP contribution in [0.5, 0.6) is 5.75 Å². The number of allylic oxidation sites excluding steroid dienone is 1. The van der Waals surface area contributed by atoms with Crippen molar-refractivity contribution in [3.8, 4) is 5.75 Å². The zero-order chi connectivity index (χ0) is 22.0. The predicted octanol–water partition coefficient (Wildman–Crippen LogP) is 3.69. The Balaban J connectivity index is 1.71. The van der Waals surface area contributed by atoms with Crippen LogP contribution in [0.2, 0.25) is 0 Å². The van der Waals surface area contributed by atoms with E-state index in [1.54, 1.807) is 23.9 Å². The number of methoxy groups -OCH3 is 1. The number of carbonyl (C=O) groups is 2. The molecule has 8 nitrogen and oxygen atoms in total. The molecule has 0 fully saturated rings. The van der Waals surface area contributed by atoms with Crippen molar-refractivity contribution in [1.82, 2.24) is 9.78 Å². The van der Waals surface area contributed by atoms with E-state index in [4.69, 9.17) is 4.74 Å². The molecule has 158 valence electrons. The van der Waals surface area contributed by atoms with E-state index in [-0.39, 0.29) is 17.2 Å². The van der Waals surface area contributed by atoms with Gasteiger partial charge in [-0.25, -0.2) is 9.48 Å². The number of nitrogens with zero attached hydrogens (tertiary/aromatic N) is 2. The van der Waals surface area contributed by atoms with Crippen LogP contribution in [0.1, 0.15) is 34.5 Å². The lowest BCUT2D eigenvalue weighted by Crippen LogP contribution is -2.26. The van der Waals surface area contributed by atoms with E-state index in [0.717, 1.165) is 12.0 Å². The van der Waals surface area contributed by atoms with Crippen LogP contribution in [-0.2, 0) is 11.2 Å². The van der Waals surface area contributed by atoms with Crippen LogP contribution in [-0.4, -0.2) is 33.9 Å². The van der Waals surface area contributed by atoms with Gasteiger partial charge >= 0.3 is 5.97 Å². The first kappa shape index (κ1) is 20.2. The number of anilines is 2. The summed E-state index contributed by atoms with van der Waals surface area (Å²) in [6.07, 6.45) is 3.88. The van der Waals surface area contributed by atoms with Gasteiger partial charge in [0.05, 0.1) is 13.3 Å². The zero-order valence-electron chi connectivity index (χ0n) is 17.1. The lowest BCUT2D eigenvalue weighted by atomic mass is 10.0. The number of aryl methyl sites for hydroxylation is 1. The molecule has 4 rings (SSSR count). The fourth-order valence-electron chi connectivity index (χ4n) is 3.54. The average Bonchev–Trinajstić information content (AvgIpc) is 3.23. The predicted molar refractivity (Wildman–Crippen MR) is 116 cm³/mol. The smallest absolute Gasteiger partial charge is 0.352 e. The number of amides is 1. The molecule has 0 aliphatic carbocycles. The number of benzene rings is 2.